The minimum absolute atomic E-state index is 0.615. The number of rotatable bonds is 3. The molecule has 2 heteroatoms. The van der Waals surface area contributed by atoms with E-state index in [1.54, 1.807) is 0 Å². The Morgan fingerprint density at radius 1 is 1.14 bits per heavy atom. The number of nitrogens with zero attached hydrogens (tertiary/aromatic N) is 1. The van der Waals surface area contributed by atoms with E-state index < -0.39 is 0 Å². The van der Waals surface area contributed by atoms with Crippen LogP contribution in [0.1, 0.15) is 24.4 Å². The van der Waals surface area contributed by atoms with Gasteiger partial charge in [0.15, 0.2) is 0 Å². The highest BCUT2D eigenvalue weighted by atomic mass is 31.0. The fourth-order valence-electron chi connectivity index (χ4n) is 2.22. The third-order valence-corrected chi connectivity index (χ3v) is 3.44. The van der Waals surface area contributed by atoms with Gasteiger partial charge in [0.1, 0.15) is 0 Å². The standard InChI is InChI=1S/C12H18NP/c14-10-12(13-8-4-5-9-13)11-6-2-1-3-7-11/h1-3,6-7,12H,4-5,8-10,14H2. The fourth-order valence-corrected chi connectivity index (χ4v) is 2.79. The van der Waals surface area contributed by atoms with Crippen LogP contribution in [0.3, 0.4) is 0 Å². The molecule has 2 atom stereocenters. The zero-order valence-electron chi connectivity index (χ0n) is 8.52. The molecule has 1 aromatic carbocycles. The van der Waals surface area contributed by atoms with E-state index in [4.69, 9.17) is 0 Å². The molecule has 14 heavy (non-hydrogen) atoms. The summed E-state index contributed by atoms with van der Waals surface area (Å²) in [7, 11) is 2.88. The van der Waals surface area contributed by atoms with Crippen LogP contribution in [0.25, 0.3) is 0 Å². The molecule has 0 amide bonds. The molecular weight excluding hydrogens is 189 g/mol. The SMILES string of the molecule is PCC(c1ccccc1)N1CCCC1. The molecule has 76 valence electrons. The predicted molar refractivity (Wildman–Crippen MR) is 64.6 cm³/mol. The van der Waals surface area contributed by atoms with Crippen molar-refractivity contribution in [2.75, 3.05) is 19.3 Å². The smallest absolute Gasteiger partial charge is 0.0382 e. The van der Waals surface area contributed by atoms with Crippen LogP contribution in [-0.4, -0.2) is 24.2 Å². The van der Waals surface area contributed by atoms with Gasteiger partial charge in [-0.2, -0.15) is 0 Å². The zero-order chi connectivity index (χ0) is 9.80. The van der Waals surface area contributed by atoms with Crippen LogP contribution in [0.5, 0.6) is 0 Å². The number of hydrogen-bond acceptors (Lipinski definition) is 1. The highest BCUT2D eigenvalue weighted by Gasteiger charge is 2.21. The molecule has 1 heterocycles. The van der Waals surface area contributed by atoms with Crippen molar-refractivity contribution < 1.29 is 0 Å². The summed E-state index contributed by atoms with van der Waals surface area (Å²) in [6.45, 7) is 2.54. The van der Waals surface area contributed by atoms with Crippen molar-refractivity contribution in [1.82, 2.24) is 4.90 Å². The molecule has 1 nitrogen and oxygen atoms in total. The molecule has 0 N–H and O–H groups in total. The van der Waals surface area contributed by atoms with E-state index in [1.807, 2.05) is 0 Å². The van der Waals surface area contributed by atoms with Crippen molar-refractivity contribution >= 4 is 9.24 Å². The van der Waals surface area contributed by atoms with E-state index in [1.165, 1.54) is 31.5 Å². The Kier molecular flexibility index (Phi) is 3.55. The van der Waals surface area contributed by atoms with Crippen molar-refractivity contribution in [3.05, 3.63) is 35.9 Å². The van der Waals surface area contributed by atoms with Crippen molar-refractivity contribution in [3.63, 3.8) is 0 Å². The van der Waals surface area contributed by atoms with Gasteiger partial charge < -0.3 is 0 Å². The lowest BCUT2D eigenvalue weighted by Gasteiger charge is -2.26. The van der Waals surface area contributed by atoms with E-state index in [2.05, 4.69) is 44.5 Å². The third-order valence-electron chi connectivity index (χ3n) is 2.99. The second-order valence-electron chi connectivity index (χ2n) is 3.91. The van der Waals surface area contributed by atoms with Gasteiger partial charge >= 0.3 is 0 Å². The van der Waals surface area contributed by atoms with E-state index in [0.717, 1.165) is 6.16 Å². The first kappa shape index (κ1) is 10.1. The fraction of sp³-hybridized carbons (Fsp3) is 0.500. The van der Waals surface area contributed by atoms with Gasteiger partial charge in [0, 0.05) is 6.04 Å². The van der Waals surface area contributed by atoms with E-state index in [0.29, 0.717) is 6.04 Å². The molecule has 1 aliphatic heterocycles. The van der Waals surface area contributed by atoms with Crippen LogP contribution in [0.2, 0.25) is 0 Å². The molecule has 1 saturated heterocycles. The summed E-state index contributed by atoms with van der Waals surface area (Å²) >= 11 is 0. The summed E-state index contributed by atoms with van der Waals surface area (Å²) in [6, 6.07) is 11.5. The van der Waals surface area contributed by atoms with Crippen LogP contribution in [0.15, 0.2) is 30.3 Å². The van der Waals surface area contributed by atoms with E-state index in [-0.39, 0.29) is 0 Å². The summed E-state index contributed by atoms with van der Waals surface area (Å²) in [5.74, 6) is 0. The summed E-state index contributed by atoms with van der Waals surface area (Å²) in [5.41, 5.74) is 1.46. The minimum Gasteiger partial charge on any atom is -0.296 e. The molecule has 1 fully saturated rings. The van der Waals surface area contributed by atoms with Gasteiger partial charge in [-0.1, -0.05) is 30.3 Å². The highest BCUT2D eigenvalue weighted by molar-refractivity contribution is 7.16. The van der Waals surface area contributed by atoms with Gasteiger partial charge in [0.25, 0.3) is 0 Å². The van der Waals surface area contributed by atoms with Crippen molar-refractivity contribution in [2.24, 2.45) is 0 Å². The van der Waals surface area contributed by atoms with Crippen molar-refractivity contribution in [2.45, 2.75) is 18.9 Å². The topological polar surface area (TPSA) is 3.24 Å². The van der Waals surface area contributed by atoms with Crippen molar-refractivity contribution in [1.29, 1.82) is 0 Å². The Morgan fingerprint density at radius 2 is 1.79 bits per heavy atom. The molecule has 1 aliphatic rings. The van der Waals surface area contributed by atoms with E-state index >= 15 is 0 Å². The average Bonchev–Trinajstić information content (AvgIpc) is 2.74. The molecule has 0 radical (unpaired) electrons. The van der Waals surface area contributed by atoms with Gasteiger partial charge in [-0.15, -0.1) is 9.24 Å². The Hall–Kier alpha value is -0.390. The second-order valence-corrected chi connectivity index (χ2v) is 4.38. The summed E-state index contributed by atoms with van der Waals surface area (Å²) in [6.07, 6.45) is 3.88. The Morgan fingerprint density at radius 3 is 2.36 bits per heavy atom. The molecular formula is C12H18NP. The molecule has 0 aromatic heterocycles. The Labute approximate surface area is 88.7 Å². The number of likely N-dealkylation sites (tertiary alicyclic amines) is 1. The van der Waals surface area contributed by atoms with Gasteiger partial charge in [-0.3, -0.25) is 4.90 Å². The maximum atomic E-state index is 2.88. The molecule has 0 aliphatic carbocycles. The Balaban J connectivity index is 2.12. The second kappa shape index (κ2) is 4.91. The van der Waals surface area contributed by atoms with Gasteiger partial charge in [-0.25, -0.2) is 0 Å². The van der Waals surface area contributed by atoms with Crippen LogP contribution in [-0.2, 0) is 0 Å². The zero-order valence-corrected chi connectivity index (χ0v) is 9.68. The molecule has 0 spiro atoms. The van der Waals surface area contributed by atoms with Gasteiger partial charge in [0.05, 0.1) is 0 Å². The van der Waals surface area contributed by atoms with Crippen molar-refractivity contribution in [3.8, 4) is 0 Å². The van der Waals surface area contributed by atoms with Crippen LogP contribution < -0.4 is 0 Å². The normalized spacial score (nSPS) is 19.8. The predicted octanol–water partition coefficient (Wildman–Crippen LogP) is 2.70. The summed E-state index contributed by atoms with van der Waals surface area (Å²) in [4.78, 5) is 2.60. The Bertz CT molecular complexity index is 267. The maximum Gasteiger partial charge on any atom is 0.0382 e. The average molecular weight is 207 g/mol. The molecule has 2 unspecified atom stereocenters. The summed E-state index contributed by atoms with van der Waals surface area (Å²) in [5, 5.41) is 0. The monoisotopic (exact) mass is 207 g/mol. The first-order valence-electron chi connectivity index (χ1n) is 5.41. The molecule has 0 bridgehead atoms. The summed E-state index contributed by atoms with van der Waals surface area (Å²) < 4.78 is 0. The lowest BCUT2D eigenvalue weighted by Crippen LogP contribution is -2.26. The quantitative estimate of drug-likeness (QED) is 0.689. The largest absolute Gasteiger partial charge is 0.296 e. The molecule has 0 saturated carbocycles. The third kappa shape index (κ3) is 2.16. The number of benzene rings is 1. The maximum absolute atomic E-state index is 2.88. The first-order valence-corrected chi connectivity index (χ1v) is 6.22. The van der Waals surface area contributed by atoms with Crippen LogP contribution in [0.4, 0.5) is 0 Å². The lowest BCUT2D eigenvalue weighted by atomic mass is 10.1. The minimum atomic E-state index is 0.615. The van der Waals surface area contributed by atoms with Gasteiger partial charge in [-0.05, 0) is 37.7 Å². The first-order chi connectivity index (χ1) is 6.92. The van der Waals surface area contributed by atoms with E-state index in [9.17, 15) is 0 Å². The van der Waals surface area contributed by atoms with Crippen LogP contribution >= 0.6 is 9.24 Å². The molecule has 2 rings (SSSR count). The van der Waals surface area contributed by atoms with Gasteiger partial charge in [0.2, 0.25) is 0 Å². The molecule has 1 aromatic rings. The lowest BCUT2D eigenvalue weighted by molar-refractivity contribution is 0.267. The van der Waals surface area contributed by atoms with Crippen LogP contribution in [0, 0.1) is 0 Å². The number of hydrogen-bond donors (Lipinski definition) is 0. The highest BCUT2D eigenvalue weighted by Crippen LogP contribution is 2.26.